The molecule has 0 aliphatic rings. The Morgan fingerprint density at radius 3 is 1.07 bits per heavy atom. The quantitative estimate of drug-likeness (QED) is 0.168. The summed E-state index contributed by atoms with van der Waals surface area (Å²) in [5, 5.41) is 16.5. The summed E-state index contributed by atoms with van der Waals surface area (Å²) in [5.74, 6) is 0. The summed E-state index contributed by atoms with van der Waals surface area (Å²) in [6, 6.07) is 58.3. The van der Waals surface area contributed by atoms with Crippen LogP contribution in [0.5, 0.6) is 0 Å². The van der Waals surface area contributed by atoms with E-state index in [1.165, 1.54) is 57.7 Å². The van der Waals surface area contributed by atoms with Crippen molar-refractivity contribution in [2.45, 2.75) is 119 Å². The van der Waals surface area contributed by atoms with Gasteiger partial charge in [-0.2, -0.15) is 0 Å². The van der Waals surface area contributed by atoms with Gasteiger partial charge in [0.05, 0.1) is 5.69 Å². The summed E-state index contributed by atoms with van der Waals surface area (Å²) in [6.45, 7) is 30.9. The van der Waals surface area contributed by atoms with Gasteiger partial charge in [0.15, 0.2) is 0 Å². The van der Waals surface area contributed by atoms with Gasteiger partial charge in [0.2, 0.25) is 0 Å². The molecule has 6 heterocycles. The number of rotatable bonds is 4. The first-order valence-corrected chi connectivity index (χ1v) is 27.3. The zero-order valence-electron chi connectivity index (χ0n) is 50.1. The van der Waals surface area contributed by atoms with Crippen molar-refractivity contribution in [3.63, 3.8) is 0 Å². The van der Waals surface area contributed by atoms with Crippen LogP contribution in [0.15, 0.2) is 164 Å². The zero-order chi connectivity index (χ0) is 57.8. The predicted molar refractivity (Wildman–Crippen MR) is 331 cm³/mol. The van der Waals surface area contributed by atoms with Crippen molar-refractivity contribution in [1.29, 1.82) is 0 Å². The maximum absolute atomic E-state index is 7.50. The number of nitrogens with zero attached hydrogens (tertiary/aromatic N) is 4. The number of fused-ring (bicyclic) bond motifs is 2. The van der Waals surface area contributed by atoms with Crippen LogP contribution in [0.1, 0.15) is 117 Å². The molecular weight excluding hydrogens is 1390 g/mol. The largest absolute Gasteiger partial charge is 0.870 e. The molecule has 430 valence electrons. The van der Waals surface area contributed by atoms with E-state index in [4.69, 9.17) is 15.7 Å². The molecule has 80 heavy (non-hydrogen) atoms. The molecule has 0 saturated heterocycles. The molecule has 0 amide bonds. The van der Waals surface area contributed by atoms with Crippen LogP contribution in [0.2, 0.25) is 0 Å². The Balaban J connectivity index is 0.000000519. The Kier molecular flexibility index (Phi) is 29.0. The predicted octanol–water partition coefficient (Wildman–Crippen LogP) is 17.8. The topological polar surface area (TPSA) is 122 Å². The van der Waals surface area contributed by atoms with Crippen LogP contribution in [-0.2, 0) is 61.9 Å². The standard InChI is InChI=1S/C18H19NS.C18H18NS.2C15H16N.2CH4O.FH.2Ir.H2O/c2*1-12-11-15-16(20-12)9-10-19-17(15)13-5-7-14(8-6-13)18(2,3)4;2*1-15(2,3)13-9-7-12(8-10-13)14-6-4-5-11-16-14;2*1-2;;;;/h5-11H,1-4H3;5,7-11H,1-4H3;2*4-7,9-11H,1-3H3;2*2H,1H3;1H;;;1H2/q;3*-1;;;;;;/p-1/i/hT. The number of aryl methyl sites for hydroxylation is 2. The molecule has 12 heteroatoms. The Labute approximate surface area is 513 Å². The Bertz CT molecular complexity index is 3110. The monoisotopic (exact) mass is 1470 g/mol. The third-order valence-electron chi connectivity index (χ3n) is 12.3. The van der Waals surface area contributed by atoms with Gasteiger partial charge < -0.3 is 30.6 Å². The molecule has 7 nitrogen and oxygen atoms in total. The van der Waals surface area contributed by atoms with Crippen molar-refractivity contribution in [2.75, 3.05) is 14.2 Å². The third-order valence-corrected chi connectivity index (χ3v) is 14.4. The fourth-order valence-electron chi connectivity index (χ4n) is 7.94. The van der Waals surface area contributed by atoms with Crippen LogP contribution in [0.3, 0.4) is 0 Å². The summed E-state index contributed by atoms with van der Waals surface area (Å²) in [7, 11) is 2.00. The molecule has 0 unspecified atom stereocenters. The van der Waals surface area contributed by atoms with E-state index in [0.29, 0.717) is 0 Å². The number of pyridine rings is 4. The number of benzene rings is 4. The van der Waals surface area contributed by atoms with Crippen LogP contribution in [-0.4, -0.2) is 49.8 Å². The fourth-order valence-corrected chi connectivity index (χ4v) is 9.77. The van der Waals surface area contributed by atoms with Crippen molar-refractivity contribution in [3.05, 3.63) is 215 Å². The summed E-state index contributed by atoms with van der Waals surface area (Å²) in [6.07, 6.45) is 7.41. The van der Waals surface area contributed by atoms with E-state index in [2.05, 4.69) is 240 Å². The molecule has 6 aromatic heterocycles. The molecule has 0 saturated carbocycles. The van der Waals surface area contributed by atoms with Gasteiger partial charge in [0.25, 0.3) is 0 Å². The molecule has 0 bridgehead atoms. The molecular formula is C68H79FIr2N4O3S2-4. The van der Waals surface area contributed by atoms with Crippen LogP contribution < -0.4 is 0 Å². The van der Waals surface area contributed by atoms with Crippen LogP contribution in [0.4, 0.5) is 4.70 Å². The molecule has 0 spiro atoms. The number of hydrogen-bond donors (Lipinski definition) is 2. The normalized spacial score (nSPS) is 10.8. The minimum absolute atomic E-state index is 0. The SMILES string of the molecule is CC(C)(C)c1c[c-]c(-c2ccccn2)cc1.CC(C)(C)c1c[c-]c(-c2ccccn2)cc1.CO.CO.Cc1cc2c(-c3[c-]cc(C(C)(C)C)cc3)nccc2s1.Cc1cc2c(-c3ccc(C(C)(C)C)cc3)nccc2s1.F.[3H][O-].[Ir].[Ir]. The Hall–Kier alpha value is -5.49. The number of aliphatic hydroxyl groups excluding tert-OH is 2. The van der Waals surface area contributed by atoms with Crippen molar-refractivity contribution < 1.29 is 62.0 Å². The minimum atomic E-state index is 0. The number of halogens is 1. The molecule has 10 rings (SSSR count). The minimum Gasteiger partial charge on any atom is -0.870 e. The van der Waals surface area contributed by atoms with E-state index >= 15 is 0 Å². The summed E-state index contributed by atoms with van der Waals surface area (Å²) in [4.78, 5) is 20.4. The molecule has 0 aliphatic carbocycles. The van der Waals surface area contributed by atoms with Crippen LogP contribution >= 0.6 is 22.7 Å². The second-order valence-corrected chi connectivity index (χ2v) is 24.9. The summed E-state index contributed by atoms with van der Waals surface area (Å²) in [5.41, 5.74) is 21.9. The first-order chi connectivity index (χ1) is 37.0. The van der Waals surface area contributed by atoms with Crippen molar-refractivity contribution in [3.8, 4) is 45.0 Å². The fraction of sp³-hybridized carbons (Fsp3) is 0.294. The van der Waals surface area contributed by atoms with E-state index in [-0.39, 0.29) is 66.6 Å². The van der Waals surface area contributed by atoms with E-state index in [9.17, 15) is 0 Å². The van der Waals surface area contributed by atoms with Crippen molar-refractivity contribution in [2.24, 2.45) is 0 Å². The Morgan fingerprint density at radius 2 is 0.750 bits per heavy atom. The van der Waals surface area contributed by atoms with Crippen molar-refractivity contribution >= 4 is 42.8 Å². The van der Waals surface area contributed by atoms with E-state index < -0.39 is 0 Å². The molecule has 4 aromatic carbocycles. The Morgan fingerprint density at radius 1 is 0.412 bits per heavy atom. The van der Waals surface area contributed by atoms with Crippen LogP contribution in [0, 0.1) is 32.0 Å². The number of thiophene rings is 2. The van der Waals surface area contributed by atoms with Gasteiger partial charge in [-0.1, -0.05) is 132 Å². The molecule has 0 fully saturated rings. The first kappa shape index (κ1) is 70.6. The molecule has 10 aromatic rings. The smallest absolute Gasteiger partial charge is 0.0788 e. The van der Waals surface area contributed by atoms with Crippen molar-refractivity contribution in [1.82, 2.24) is 19.9 Å². The van der Waals surface area contributed by atoms with Gasteiger partial charge in [0, 0.05) is 109 Å². The first-order valence-electron chi connectivity index (χ1n) is 26.1. The second-order valence-electron chi connectivity index (χ2n) is 22.3. The van der Waals surface area contributed by atoms with Gasteiger partial charge in [0.1, 0.15) is 0 Å². The van der Waals surface area contributed by atoms with E-state index in [1.807, 2.05) is 71.5 Å². The second kappa shape index (κ2) is 32.8. The van der Waals surface area contributed by atoms with Gasteiger partial charge >= 0.3 is 0 Å². The zero-order valence-corrected chi connectivity index (χ0v) is 55.5. The van der Waals surface area contributed by atoms with E-state index in [0.717, 1.165) is 53.7 Å². The number of aliphatic hydroxyl groups is 2. The average molecular weight is 1470 g/mol. The van der Waals surface area contributed by atoms with Crippen LogP contribution in [0.25, 0.3) is 65.2 Å². The average Bonchev–Trinajstić information content (AvgIpc) is 4.04. The third kappa shape index (κ3) is 20.5. The number of hydrogen-bond acceptors (Lipinski definition) is 9. The number of aromatic nitrogens is 4. The maximum Gasteiger partial charge on any atom is 0.0788 e. The summed E-state index contributed by atoms with van der Waals surface area (Å²) < 4.78 is 7.10. The summed E-state index contributed by atoms with van der Waals surface area (Å²) >= 11 is 3.64. The molecule has 2 radical (unpaired) electrons. The maximum atomic E-state index is 7.50. The van der Waals surface area contributed by atoms with Gasteiger partial charge in [-0.15, -0.1) is 130 Å². The van der Waals surface area contributed by atoms with Gasteiger partial charge in [-0.25, -0.2) is 0 Å². The van der Waals surface area contributed by atoms with Gasteiger partial charge in [-0.3, -0.25) is 9.69 Å². The molecule has 0 atom stereocenters. The van der Waals surface area contributed by atoms with E-state index in [1.54, 1.807) is 12.4 Å². The molecule has 3 N–H and O–H groups in total. The van der Waals surface area contributed by atoms with Gasteiger partial charge in [-0.05, 0) is 99.9 Å². The molecule has 0 aliphatic heterocycles.